The molecular weight excluding hydrogens is 452 g/mol. The van der Waals surface area contributed by atoms with E-state index >= 15 is 0 Å². The Kier molecular flexibility index (Phi) is 8.55. The Hall–Kier alpha value is -3.07. The van der Waals surface area contributed by atoms with Crippen LogP contribution in [0.1, 0.15) is 28.3 Å². The Morgan fingerprint density at radius 1 is 0.971 bits per heavy atom. The van der Waals surface area contributed by atoms with Crippen molar-refractivity contribution >= 4 is 15.7 Å². The van der Waals surface area contributed by atoms with Crippen molar-refractivity contribution in [3.05, 3.63) is 89.0 Å². The van der Waals surface area contributed by atoms with Crippen molar-refractivity contribution in [1.82, 2.24) is 5.32 Å². The molecule has 0 bridgehead atoms. The van der Waals surface area contributed by atoms with E-state index in [1.54, 1.807) is 13.2 Å². The summed E-state index contributed by atoms with van der Waals surface area (Å²) in [5.74, 6) is 0.660. The molecule has 3 rings (SSSR count). The van der Waals surface area contributed by atoms with Crippen molar-refractivity contribution in [2.45, 2.75) is 31.9 Å². The molecule has 0 aliphatic rings. The highest BCUT2D eigenvalue weighted by molar-refractivity contribution is 7.92. The predicted octanol–water partition coefficient (Wildman–Crippen LogP) is 3.56. The second-order valence-corrected chi connectivity index (χ2v) is 10.2. The van der Waals surface area contributed by atoms with Gasteiger partial charge in [0.1, 0.15) is 11.5 Å². The van der Waals surface area contributed by atoms with Gasteiger partial charge in [-0.1, -0.05) is 48.5 Å². The molecule has 0 radical (unpaired) electrons. The second kappa shape index (κ2) is 11.4. The van der Waals surface area contributed by atoms with E-state index in [-0.39, 0.29) is 17.5 Å². The van der Waals surface area contributed by atoms with Gasteiger partial charge in [0.15, 0.2) is 0 Å². The van der Waals surface area contributed by atoms with Crippen molar-refractivity contribution in [2.24, 2.45) is 0 Å². The molecule has 0 saturated heterocycles. The third-order valence-electron chi connectivity index (χ3n) is 5.53. The minimum Gasteiger partial charge on any atom is -0.506 e. The normalized spacial score (nSPS) is 13.3. The number of aliphatic hydroxyl groups excluding tert-OH is 1. The number of phenols is 1. The number of ether oxygens (including phenoxy) is 1. The van der Waals surface area contributed by atoms with Crippen molar-refractivity contribution in [2.75, 3.05) is 24.6 Å². The molecule has 4 N–H and O–H groups in total. The van der Waals surface area contributed by atoms with Crippen molar-refractivity contribution in [3.8, 4) is 11.5 Å². The Balaban J connectivity index is 1.72. The lowest BCUT2D eigenvalue weighted by atomic mass is 9.96. The summed E-state index contributed by atoms with van der Waals surface area (Å²) in [4.78, 5) is 0. The first-order chi connectivity index (χ1) is 16.1. The largest absolute Gasteiger partial charge is 0.506 e. The first-order valence-corrected chi connectivity index (χ1v) is 12.9. The minimum atomic E-state index is -3.53. The molecule has 0 aliphatic heterocycles. The lowest BCUT2D eigenvalue weighted by Gasteiger charge is -2.23. The predicted molar refractivity (Wildman–Crippen MR) is 135 cm³/mol. The summed E-state index contributed by atoms with van der Waals surface area (Å²) in [6.07, 6.45) is 1.35. The van der Waals surface area contributed by atoms with Gasteiger partial charge in [-0.3, -0.25) is 4.72 Å². The molecule has 0 fully saturated rings. The van der Waals surface area contributed by atoms with Crippen LogP contribution in [0.3, 0.4) is 0 Å². The van der Waals surface area contributed by atoms with Crippen molar-refractivity contribution < 1.29 is 23.4 Å². The lowest BCUT2D eigenvalue weighted by Crippen LogP contribution is -2.32. The maximum Gasteiger partial charge on any atom is 0.229 e. The third kappa shape index (κ3) is 7.48. The summed E-state index contributed by atoms with van der Waals surface area (Å²) >= 11 is 0. The fourth-order valence-corrected chi connectivity index (χ4v) is 4.45. The molecule has 7 nitrogen and oxygen atoms in total. The van der Waals surface area contributed by atoms with Crippen LogP contribution in [0.25, 0.3) is 0 Å². The van der Waals surface area contributed by atoms with Gasteiger partial charge < -0.3 is 20.3 Å². The van der Waals surface area contributed by atoms with Gasteiger partial charge in [-0.05, 0) is 60.2 Å². The molecule has 0 spiro atoms. The fourth-order valence-electron chi connectivity index (χ4n) is 3.89. The van der Waals surface area contributed by atoms with Crippen LogP contribution in [-0.4, -0.2) is 44.6 Å². The zero-order valence-corrected chi connectivity index (χ0v) is 20.5. The van der Waals surface area contributed by atoms with Crippen LogP contribution in [0.4, 0.5) is 5.69 Å². The number of nitrogens with one attached hydrogen (secondary N) is 2. The highest BCUT2D eigenvalue weighted by Gasteiger charge is 2.17. The monoisotopic (exact) mass is 484 g/mol. The number of aromatic hydroxyl groups is 1. The van der Waals surface area contributed by atoms with E-state index in [2.05, 4.69) is 28.2 Å². The number of hydrogen-bond acceptors (Lipinski definition) is 6. The summed E-state index contributed by atoms with van der Waals surface area (Å²) in [5.41, 5.74) is 4.11. The average molecular weight is 485 g/mol. The summed E-state index contributed by atoms with van der Waals surface area (Å²) in [6.45, 7) is 2.34. The molecule has 182 valence electrons. The molecule has 0 amide bonds. The molecule has 0 saturated carbocycles. The van der Waals surface area contributed by atoms with Crippen LogP contribution in [0.5, 0.6) is 11.5 Å². The van der Waals surface area contributed by atoms with Crippen molar-refractivity contribution in [1.29, 1.82) is 0 Å². The van der Waals surface area contributed by atoms with E-state index in [4.69, 9.17) is 4.74 Å². The van der Waals surface area contributed by atoms with Crippen LogP contribution in [0, 0.1) is 6.92 Å². The number of hydrogen-bond donors (Lipinski definition) is 4. The zero-order valence-electron chi connectivity index (χ0n) is 19.7. The van der Waals surface area contributed by atoms with E-state index in [0.717, 1.165) is 29.6 Å². The Morgan fingerprint density at radius 2 is 1.71 bits per heavy atom. The summed E-state index contributed by atoms with van der Waals surface area (Å²) in [5, 5.41) is 24.1. The average Bonchev–Trinajstić information content (AvgIpc) is 2.78. The van der Waals surface area contributed by atoms with E-state index in [1.807, 2.05) is 37.3 Å². The molecule has 3 aromatic carbocycles. The molecule has 0 heterocycles. The number of aryl methyl sites for hydroxylation is 1. The van der Waals surface area contributed by atoms with Gasteiger partial charge in [-0.25, -0.2) is 8.42 Å². The van der Waals surface area contributed by atoms with Gasteiger partial charge in [0.25, 0.3) is 0 Å². The third-order valence-corrected chi connectivity index (χ3v) is 6.12. The fraction of sp³-hybridized carbons (Fsp3) is 0.308. The number of aliphatic hydroxyl groups is 1. The number of sulfonamides is 1. The van der Waals surface area contributed by atoms with E-state index in [0.29, 0.717) is 18.5 Å². The van der Waals surface area contributed by atoms with Gasteiger partial charge in [0.05, 0.1) is 25.2 Å². The summed E-state index contributed by atoms with van der Waals surface area (Å²) < 4.78 is 30.7. The SMILES string of the molecule is COc1ccc(C(Cc2ccccc2)NC[C@@H](O)Cc2ccc(O)c(NS(C)(=O)=O)c2)cc1C. The minimum absolute atomic E-state index is 0.0241. The molecule has 3 aromatic rings. The van der Waals surface area contributed by atoms with Crippen molar-refractivity contribution in [3.63, 3.8) is 0 Å². The Labute approximate surface area is 201 Å². The maximum absolute atomic E-state index is 11.5. The highest BCUT2D eigenvalue weighted by Crippen LogP contribution is 2.27. The van der Waals surface area contributed by atoms with E-state index in [9.17, 15) is 18.6 Å². The maximum atomic E-state index is 11.5. The standard InChI is InChI=1S/C26H32N2O5S/c1-18-13-21(10-12-26(18)33-2)23(15-19-7-5-4-6-8-19)27-17-22(29)14-20-9-11-25(30)24(16-20)28-34(3,31)32/h4-13,16,22-23,27-30H,14-15,17H2,1-3H3/t22-,23?/m0/s1. The molecule has 0 aromatic heterocycles. The van der Waals surface area contributed by atoms with Gasteiger partial charge in [-0.2, -0.15) is 0 Å². The number of anilines is 1. The van der Waals surface area contributed by atoms with Crippen LogP contribution in [0.15, 0.2) is 66.7 Å². The van der Waals surface area contributed by atoms with Gasteiger partial charge in [0.2, 0.25) is 10.0 Å². The number of phenolic OH excluding ortho intramolecular Hbond substituents is 1. The second-order valence-electron chi connectivity index (χ2n) is 8.46. The van der Waals surface area contributed by atoms with Gasteiger partial charge in [-0.15, -0.1) is 0 Å². The lowest BCUT2D eigenvalue weighted by molar-refractivity contribution is 0.167. The quantitative estimate of drug-likeness (QED) is 0.310. The number of benzene rings is 3. The van der Waals surface area contributed by atoms with E-state index < -0.39 is 16.1 Å². The topological polar surface area (TPSA) is 108 Å². The first-order valence-electron chi connectivity index (χ1n) is 11.0. The number of rotatable bonds is 11. The molecule has 2 atom stereocenters. The van der Waals surface area contributed by atoms with E-state index in [1.165, 1.54) is 17.7 Å². The Morgan fingerprint density at radius 3 is 2.35 bits per heavy atom. The van der Waals surface area contributed by atoms with Crippen LogP contribution in [-0.2, 0) is 22.9 Å². The first kappa shape index (κ1) is 25.6. The smallest absolute Gasteiger partial charge is 0.229 e. The summed E-state index contributed by atoms with van der Waals surface area (Å²) in [7, 11) is -1.88. The zero-order chi connectivity index (χ0) is 24.7. The van der Waals surface area contributed by atoms with Gasteiger partial charge >= 0.3 is 0 Å². The molecule has 8 heteroatoms. The number of methoxy groups -OCH3 is 1. The molecule has 0 aliphatic carbocycles. The molecule has 1 unspecified atom stereocenters. The molecular formula is C26H32N2O5S. The van der Waals surface area contributed by atoms with Crippen LogP contribution in [0.2, 0.25) is 0 Å². The molecule has 34 heavy (non-hydrogen) atoms. The Bertz CT molecular complexity index is 1200. The van der Waals surface area contributed by atoms with Crippen LogP contribution < -0.4 is 14.8 Å². The van der Waals surface area contributed by atoms with Crippen LogP contribution >= 0.6 is 0 Å². The summed E-state index contributed by atoms with van der Waals surface area (Å²) in [6, 6.07) is 20.8. The highest BCUT2D eigenvalue weighted by atomic mass is 32.2. The van der Waals surface area contributed by atoms with Gasteiger partial charge in [0, 0.05) is 12.6 Å².